The Morgan fingerprint density at radius 2 is 1.74 bits per heavy atom. The molecule has 0 unspecified atom stereocenters. The summed E-state index contributed by atoms with van der Waals surface area (Å²) >= 11 is 5.80. The van der Waals surface area contributed by atoms with Crippen LogP contribution in [-0.4, -0.2) is 25.4 Å². The molecule has 0 fully saturated rings. The SMILES string of the molecule is O=S(=O)(c1ccc(Cl)cc1)c1ccc(NCc2ccc3c(c2)OCO3)nn1. The molecule has 7 nitrogen and oxygen atoms in total. The second-order valence-electron chi connectivity index (χ2n) is 5.76. The van der Waals surface area contributed by atoms with E-state index < -0.39 is 9.84 Å². The Labute approximate surface area is 160 Å². The topological polar surface area (TPSA) is 90.4 Å². The first-order chi connectivity index (χ1) is 13.0. The van der Waals surface area contributed by atoms with Crippen LogP contribution in [0.15, 0.2) is 64.5 Å². The van der Waals surface area contributed by atoms with Crippen molar-refractivity contribution in [2.24, 2.45) is 0 Å². The van der Waals surface area contributed by atoms with Gasteiger partial charge >= 0.3 is 0 Å². The smallest absolute Gasteiger partial charge is 0.231 e. The minimum absolute atomic E-state index is 0.113. The Bertz CT molecular complexity index is 1070. The number of nitrogens with one attached hydrogen (secondary N) is 1. The van der Waals surface area contributed by atoms with Crippen molar-refractivity contribution in [2.75, 3.05) is 12.1 Å². The number of halogens is 1. The molecule has 1 N–H and O–H groups in total. The van der Waals surface area contributed by atoms with E-state index in [-0.39, 0.29) is 16.7 Å². The third-order valence-corrected chi connectivity index (χ3v) is 5.86. The molecule has 4 rings (SSSR count). The molecule has 2 aromatic carbocycles. The van der Waals surface area contributed by atoms with E-state index in [0.29, 0.717) is 23.1 Å². The second kappa shape index (κ2) is 7.05. The number of sulfone groups is 1. The number of hydrogen-bond donors (Lipinski definition) is 1. The average molecular weight is 404 g/mol. The van der Waals surface area contributed by atoms with E-state index in [1.54, 1.807) is 6.07 Å². The van der Waals surface area contributed by atoms with Crippen LogP contribution < -0.4 is 14.8 Å². The maximum Gasteiger partial charge on any atom is 0.231 e. The number of aromatic nitrogens is 2. The largest absolute Gasteiger partial charge is 0.454 e. The van der Waals surface area contributed by atoms with Crippen LogP contribution in [0.1, 0.15) is 5.56 Å². The molecule has 0 saturated heterocycles. The molecule has 0 spiro atoms. The van der Waals surface area contributed by atoms with Gasteiger partial charge in [0, 0.05) is 11.6 Å². The summed E-state index contributed by atoms with van der Waals surface area (Å²) in [5.41, 5.74) is 0.971. The van der Waals surface area contributed by atoms with Crippen LogP contribution in [0.25, 0.3) is 0 Å². The first-order valence-corrected chi connectivity index (χ1v) is 9.85. The third-order valence-electron chi connectivity index (χ3n) is 3.95. The summed E-state index contributed by atoms with van der Waals surface area (Å²) in [6.07, 6.45) is 0. The van der Waals surface area contributed by atoms with Gasteiger partial charge in [-0.2, -0.15) is 0 Å². The predicted octanol–water partition coefficient (Wildman–Crippen LogP) is 3.30. The predicted molar refractivity (Wildman–Crippen MR) is 98.8 cm³/mol. The Hall–Kier alpha value is -2.84. The van der Waals surface area contributed by atoms with E-state index in [1.807, 2.05) is 18.2 Å². The van der Waals surface area contributed by atoms with E-state index in [9.17, 15) is 8.42 Å². The molecule has 27 heavy (non-hydrogen) atoms. The second-order valence-corrected chi connectivity index (χ2v) is 8.09. The zero-order chi connectivity index (χ0) is 18.9. The number of nitrogens with zero attached hydrogens (tertiary/aromatic N) is 2. The fourth-order valence-electron chi connectivity index (χ4n) is 2.54. The van der Waals surface area contributed by atoms with Crippen molar-refractivity contribution in [1.82, 2.24) is 10.2 Å². The lowest BCUT2D eigenvalue weighted by atomic mass is 10.2. The summed E-state index contributed by atoms with van der Waals surface area (Å²) in [5.74, 6) is 1.88. The average Bonchev–Trinajstić information content (AvgIpc) is 3.15. The van der Waals surface area contributed by atoms with Crippen LogP contribution in [0.5, 0.6) is 11.5 Å². The fraction of sp³-hybridized carbons (Fsp3) is 0.111. The highest BCUT2D eigenvalue weighted by atomic mass is 35.5. The number of rotatable bonds is 5. The molecule has 0 amide bonds. The molecule has 138 valence electrons. The van der Waals surface area contributed by atoms with E-state index >= 15 is 0 Å². The van der Waals surface area contributed by atoms with E-state index in [4.69, 9.17) is 21.1 Å². The number of anilines is 1. The van der Waals surface area contributed by atoms with Gasteiger partial charge in [0.1, 0.15) is 5.82 Å². The summed E-state index contributed by atoms with van der Waals surface area (Å²) in [6, 6.07) is 14.5. The molecule has 1 aliphatic rings. The van der Waals surface area contributed by atoms with Crippen molar-refractivity contribution >= 4 is 27.3 Å². The minimum atomic E-state index is -3.74. The fourth-order valence-corrected chi connectivity index (χ4v) is 3.79. The van der Waals surface area contributed by atoms with Gasteiger partial charge in [0.2, 0.25) is 16.6 Å². The van der Waals surface area contributed by atoms with E-state index in [0.717, 1.165) is 11.3 Å². The monoisotopic (exact) mass is 403 g/mol. The van der Waals surface area contributed by atoms with Crippen molar-refractivity contribution in [2.45, 2.75) is 16.5 Å². The highest BCUT2D eigenvalue weighted by Crippen LogP contribution is 2.32. The Morgan fingerprint density at radius 1 is 0.963 bits per heavy atom. The summed E-state index contributed by atoms with van der Waals surface area (Å²) in [7, 11) is -3.74. The molecular weight excluding hydrogens is 390 g/mol. The zero-order valence-corrected chi connectivity index (χ0v) is 15.5. The lowest BCUT2D eigenvalue weighted by Crippen LogP contribution is -2.08. The van der Waals surface area contributed by atoms with Gasteiger partial charge in [-0.25, -0.2) is 8.42 Å². The molecular formula is C18H14ClN3O4S. The molecule has 0 atom stereocenters. The molecule has 1 aromatic heterocycles. The van der Waals surface area contributed by atoms with E-state index in [1.165, 1.54) is 30.3 Å². The van der Waals surface area contributed by atoms with Gasteiger partial charge in [-0.1, -0.05) is 17.7 Å². The zero-order valence-electron chi connectivity index (χ0n) is 13.9. The lowest BCUT2D eigenvalue weighted by Gasteiger charge is -2.07. The van der Waals surface area contributed by atoms with Crippen molar-refractivity contribution in [3.8, 4) is 11.5 Å². The maximum atomic E-state index is 12.6. The molecule has 0 bridgehead atoms. The minimum Gasteiger partial charge on any atom is -0.454 e. The first kappa shape index (κ1) is 17.6. The number of fused-ring (bicyclic) bond motifs is 1. The standard InChI is InChI=1S/C18H14ClN3O4S/c19-13-2-4-14(5-3-13)27(23,24)18-8-7-17(21-22-18)20-10-12-1-6-15-16(9-12)26-11-25-15/h1-9H,10-11H2,(H,20,21). The summed E-state index contributed by atoms with van der Waals surface area (Å²) in [5, 5.41) is 11.2. The first-order valence-electron chi connectivity index (χ1n) is 7.99. The van der Waals surface area contributed by atoms with Gasteiger partial charge in [-0.15, -0.1) is 10.2 Å². The molecule has 9 heteroatoms. The molecule has 0 radical (unpaired) electrons. The van der Waals surface area contributed by atoms with Crippen molar-refractivity contribution in [1.29, 1.82) is 0 Å². The highest BCUT2D eigenvalue weighted by Gasteiger charge is 2.20. The van der Waals surface area contributed by atoms with E-state index in [2.05, 4.69) is 15.5 Å². The van der Waals surface area contributed by atoms with Crippen LogP contribution in [-0.2, 0) is 16.4 Å². The quantitative estimate of drug-likeness (QED) is 0.698. The molecule has 2 heterocycles. The Kier molecular flexibility index (Phi) is 4.59. The molecule has 0 aliphatic carbocycles. The van der Waals surface area contributed by atoms with Crippen molar-refractivity contribution < 1.29 is 17.9 Å². The molecule has 3 aromatic rings. The van der Waals surface area contributed by atoms with Gasteiger partial charge in [0.05, 0.1) is 4.90 Å². The van der Waals surface area contributed by atoms with Crippen LogP contribution in [0.3, 0.4) is 0 Å². The highest BCUT2D eigenvalue weighted by molar-refractivity contribution is 7.91. The van der Waals surface area contributed by atoms with Crippen LogP contribution in [0.4, 0.5) is 5.82 Å². The summed E-state index contributed by atoms with van der Waals surface area (Å²) in [4.78, 5) is 0.113. The summed E-state index contributed by atoms with van der Waals surface area (Å²) < 4.78 is 35.7. The number of benzene rings is 2. The number of hydrogen-bond acceptors (Lipinski definition) is 7. The van der Waals surface area contributed by atoms with Gasteiger partial charge in [0.15, 0.2) is 16.5 Å². The number of ether oxygens (including phenoxy) is 2. The third kappa shape index (κ3) is 3.67. The molecule has 0 saturated carbocycles. The normalized spacial score (nSPS) is 12.8. The van der Waals surface area contributed by atoms with Crippen LogP contribution in [0, 0.1) is 0 Å². The van der Waals surface area contributed by atoms with Gasteiger partial charge < -0.3 is 14.8 Å². The maximum absolute atomic E-state index is 12.6. The van der Waals surface area contributed by atoms with Gasteiger partial charge in [-0.3, -0.25) is 0 Å². The Balaban J connectivity index is 1.46. The lowest BCUT2D eigenvalue weighted by molar-refractivity contribution is 0.174. The molecule has 1 aliphatic heterocycles. The van der Waals surface area contributed by atoms with Gasteiger partial charge in [0.25, 0.3) is 0 Å². The van der Waals surface area contributed by atoms with Crippen molar-refractivity contribution in [3.63, 3.8) is 0 Å². The van der Waals surface area contributed by atoms with Crippen molar-refractivity contribution in [3.05, 3.63) is 65.2 Å². The van der Waals surface area contributed by atoms with Gasteiger partial charge in [-0.05, 0) is 54.1 Å². The summed E-state index contributed by atoms with van der Waals surface area (Å²) in [6.45, 7) is 0.704. The van der Waals surface area contributed by atoms with Crippen LogP contribution >= 0.6 is 11.6 Å². The Morgan fingerprint density at radius 3 is 2.48 bits per heavy atom. The van der Waals surface area contributed by atoms with Crippen LogP contribution in [0.2, 0.25) is 5.02 Å².